The number of carbonyl (C=O) groups excluding carboxylic acids is 1. The molecule has 0 unspecified atom stereocenters. The molecule has 1 aromatic carbocycles. The summed E-state index contributed by atoms with van der Waals surface area (Å²) in [5.41, 5.74) is 3.75. The molecule has 0 saturated heterocycles. The molecule has 0 bridgehead atoms. The number of hydrogen-bond donors (Lipinski definition) is 2. The van der Waals surface area contributed by atoms with E-state index in [9.17, 15) is 4.79 Å². The Labute approximate surface area is 143 Å². The predicted octanol–water partition coefficient (Wildman–Crippen LogP) is 4.06. The van der Waals surface area contributed by atoms with Gasteiger partial charge in [0.15, 0.2) is 0 Å². The van der Waals surface area contributed by atoms with E-state index in [2.05, 4.69) is 28.6 Å². The first-order valence-electron chi connectivity index (χ1n) is 8.77. The summed E-state index contributed by atoms with van der Waals surface area (Å²) in [4.78, 5) is 16.6. The smallest absolute Gasteiger partial charge is 0.270 e. The molecule has 2 aromatic rings. The molecule has 2 N–H and O–H groups in total. The molecular weight excluding hydrogens is 298 g/mol. The molecule has 0 atom stereocenters. The molecular formula is C20H25N3O. The molecule has 4 nitrogen and oxygen atoms in total. The minimum absolute atomic E-state index is 0.134. The number of benzene rings is 1. The van der Waals surface area contributed by atoms with Crippen LogP contribution in [0.5, 0.6) is 0 Å². The molecule has 4 heteroatoms. The zero-order valence-electron chi connectivity index (χ0n) is 14.2. The van der Waals surface area contributed by atoms with Crippen molar-refractivity contribution in [2.75, 3.05) is 5.32 Å². The maximum absolute atomic E-state index is 12.4. The molecule has 1 fully saturated rings. The predicted molar refractivity (Wildman–Crippen MR) is 97.1 cm³/mol. The van der Waals surface area contributed by atoms with Crippen molar-refractivity contribution in [2.45, 2.75) is 51.6 Å². The van der Waals surface area contributed by atoms with Gasteiger partial charge in [-0.1, -0.05) is 43.5 Å². The highest BCUT2D eigenvalue weighted by Gasteiger charge is 2.14. The number of aryl methyl sites for hydroxylation is 1. The molecule has 126 valence electrons. The topological polar surface area (TPSA) is 54.0 Å². The van der Waals surface area contributed by atoms with Crippen LogP contribution < -0.4 is 10.6 Å². The molecule has 1 aliphatic carbocycles. The highest BCUT2D eigenvalue weighted by Crippen LogP contribution is 2.21. The summed E-state index contributed by atoms with van der Waals surface area (Å²) in [5, 5.41) is 6.50. The van der Waals surface area contributed by atoms with Crippen LogP contribution in [-0.2, 0) is 6.54 Å². The fourth-order valence-electron chi connectivity index (χ4n) is 3.20. The van der Waals surface area contributed by atoms with E-state index in [1.165, 1.54) is 37.7 Å². The Balaban J connectivity index is 1.60. The number of pyridine rings is 1. The van der Waals surface area contributed by atoms with Gasteiger partial charge in [0.25, 0.3) is 5.91 Å². The van der Waals surface area contributed by atoms with Crippen LogP contribution in [0.15, 0.2) is 42.6 Å². The van der Waals surface area contributed by atoms with Crippen molar-refractivity contribution in [3.05, 3.63) is 59.4 Å². The van der Waals surface area contributed by atoms with E-state index in [-0.39, 0.29) is 5.91 Å². The highest BCUT2D eigenvalue weighted by molar-refractivity contribution is 5.93. The van der Waals surface area contributed by atoms with Gasteiger partial charge in [-0.05, 0) is 43.0 Å². The van der Waals surface area contributed by atoms with Crippen LogP contribution >= 0.6 is 0 Å². The number of hydrogen-bond acceptors (Lipinski definition) is 3. The van der Waals surface area contributed by atoms with Crippen molar-refractivity contribution < 1.29 is 4.79 Å². The molecule has 1 heterocycles. The molecule has 3 rings (SSSR count). The summed E-state index contributed by atoms with van der Waals surface area (Å²) in [6.45, 7) is 2.57. The second-order valence-electron chi connectivity index (χ2n) is 6.52. The lowest BCUT2D eigenvalue weighted by atomic mass is 9.95. The van der Waals surface area contributed by atoms with Crippen LogP contribution in [0, 0.1) is 6.92 Å². The van der Waals surface area contributed by atoms with Crippen molar-refractivity contribution in [3.63, 3.8) is 0 Å². The third kappa shape index (κ3) is 4.34. The first-order valence-corrected chi connectivity index (χ1v) is 8.77. The molecule has 1 amide bonds. The van der Waals surface area contributed by atoms with E-state index in [4.69, 9.17) is 0 Å². The second-order valence-corrected chi connectivity index (χ2v) is 6.52. The zero-order valence-corrected chi connectivity index (χ0v) is 14.2. The quantitative estimate of drug-likeness (QED) is 0.872. The summed E-state index contributed by atoms with van der Waals surface area (Å²) in [6, 6.07) is 12.4. The van der Waals surface area contributed by atoms with Crippen molar-refractivity contribution in [3.8, 4) is 0 Å². The van der Waals surface area contributed by atoms with E-state index in [0.29, 0.717) is 18.3 Å². The molecule has 0 spiro atoms. The third-order valence-corrected chi connectivity index (χ3v) is 4.67. The van der Waals surface area contributed by atoms with E-state index in [0.717, 1.165) is 11.3 Å². The van der Waals surface area contributed by atoms with E-state index >= 15 is 0 Å². The lowest BCUT2D eigenvalue weighted by Crippen LogP contribution is -2.25. The number of carbonyl (C=O) groups is 1. The Morgan fingerprint density at radius 3 is 2.75 bits per heavy atom. The van der Waals surface area contributed by atoms with E-state index in [1.54, 1.807) is 6.20 Å². The van der Waals surface area contributed by atoms with Crippen molar-refractivity contribution >= 4 is 11.6 Å². The fraction of sp³-hybridized carbons (Fsp3) is 0.400. The average Bonchev–Trinajstić information content (AvgIpc) is 2.62. The number of rotatable bonds is 5. The second kappa shape index (κ2) is 7.95. The van der Waals surface area contributed by atoms with Gasteiger partial charge in [0.1, 0.15) is 5.69 Å². The summed E-state index contributed by atoms with van der Waals surface area (Å²) < 4.78 is 0. The van der Waals surface area contributed by atoms with Gasteiger partial charge in [-0.15, -0.1) is 0 Å². The fourth-order valence-corrected chi connectivity index (χ4v) is 3.20. The Bertz CT molecular complexity index is 693. The van der Waals surface area contributed by atoms with Gasteiger partial charge in [-0.2, -0.15) is 0 Å². The first kappa shape index (κ1) is 16.5. The molecule has 24 heavy (non-hydrogen) atoms. The normalized spacial score (nSPS) is 15.0. The summed E-state index contributed by atoms with van der Waals surface area (Å²) in [5.74, 6) is -0.134. The zero-order chi connectivity index (χ0) is 16.8. The molecule has 1 aliphatic rings. The highest BCUT2D eigenvalue weighted by atomic mass is 16.1. The number of anilines is 1. The van der Waals surface area contributed by atoms with Crippen LogP contribution in [0.3, 0.4) is 0 Å². The van der Waals surface area contributed by atoms with Crippen molar-refractivity contribution in [1.29, 1.82) is 0 Å². The van der Waals surface area contributed by atoms with Crippen LogP contribution in [0.25, 0.3) is 0 Å². The van der Waals surface area contributed by atoms with E-state index < -0.39 is 0 Å². The molecule has 1 saturated carbocycles. The minimum atomic E-state index is -0.134. The Hall–Kier alpha value is -2.36. The Kier molecular flexibility index (Phi) is 5.47. The average molecular weight is 323 g/mol. The van der Waals surface area contributed by atoms with Crippen LogP contribution in [-0.4, -0.2) is 16.9 Å². The van der Waals surface area contributed by atoms with Gasteiger partial charge in [-0.25, -0.2) is 0 Å². The van der Waals surface area contributed by atoms with Crippen molar-refractivity contribution in [2.24, 2.45) is 0 Å². The minimum Gasteiger partial charge on any atom is -0.382 e. The summed E-state index contributed by atoms with van der Waals surface area (Å²) >= 11 is 0. The van der Waals surface area contributed by atoms with Gasteiger partial charge in [0.05, 0.1) is 0 Å². The first-order chi connectivity index (χ1) is 11.7. The monoisotopic (exact) mass is 323 g/mol. The maximum Gasteiger partial charge on any atom is 0.270 e. The molecule has 0 radical (unpaired) electrons. The summed E-state index contributed by atoms with van der Waals surface area (Å²) in [7, 11) is 0. The molecule has 1 aromatic heterocycles. The van der Waals surface area contributed by atoms with Gasteiger partial charge in [0, 0.05) is 24.5 Å². The number of aromatic nitrogens is 1. The van der Waals surface area contributed by atoms with Crippen LogP contribution in [0.1, 0.15) is 53.7 Å². The maximum atomic E-state index is 12.4. The Morgan fingerprint density at radius 2 is 1.96 bits per heavy atom. The van der Waals surface area contributed by atoms with Gasteiger partial charge in [-0.3, -0.25) is 9.78 Å². The van der Waals surface area contributed by atoms with Gasteiger partial charge < -0.3 is 10.6 Å². The number of nitrogens with one attached hydrogen (secondary N) is 2. The largest absolute Gasteiger partial charge is 0.382 e. The Morgan fingerprint density at radius 1 is 1.17 bits per heavy atom. The van der Waals surface area contributed by atoms with Gasteiger partial charge >= 0.3 is 0 Å². The summed E-state index contributed by atoms with van der Waals surface area (Å²) in [6.07, 6.45) is 8.02. The lowest BCUT2D eigenvalue weighted by Gasteiger charge is -2.23. The standard InChI is InChI=1S/C20H25N3O/c1-15-7-5-6-8-16(15)14-22-20(24)19-13-18(11-12-21-19)23-17-9-3-2-4-10-17/h5-8,11-13,17H,2-4,9-10,14H2,1H3,(H,21,23)(H,22,24). The third-order valence-electron chi connectivity index (χ3n) is 4.67. The lowest BCUT2D eigenvalue weighted by molar-refractivity contribution is 0.0946. The van der Waals surface area contributed by atoms with Crippen molar-refractivity contribution in [1.82, 2.24) is 10.3 Å². The van der Waals surface area contributed by atoms with Gasteiger partial charge in [0.2, 0.25) is 0 Å². The van der Waals surface area contributed by atoms with Crippen LogP contribution in [0.4, 0.5) is 5.69 Å². The van der Waals surface area contributed by atoms with Crippen LogP contribution in [0.2, 0.25) is 0 Å². The SMILES string of the molecule is Cc1ccccc1CNC(=O)c1cc(NC2CCCCC2)ccn1. The molecule has 0 aliphatic heterocycles. The number of amides is 1. The number of nitrogens with zero attached hydrogens (tertiary/aromatic N) is 1. The van der Waals surface area contributed by atoms with E-state index in [1.807, 2.05) is 30.3 Å².